The van der Waals surface area contributed by atoms with Crippen LogP contribution < -0.4 is 15.4 Å². The van der Waals surface area contributed by atoms with Crippen LogP contribution in [0, 0.1) is 0 Å². The van der Waals surface area contributed by atoms with Crippen LogP contribution in [0.1, 0.15) is 46.4 Å². The van der Waals surface area contributed by atoms with E-state index in [2.05, 4.69) is 20.8 Å². The Morgan fingerprint density at radius 2 is 1.76 bits per heavy atom. The minimum absolute atomic E-state index is 0.208. The summed E-state index contributed by atoms with van der Waals surface area (Å²) in [6, 6.07) is 11.3. The van der Waals surface area contributed by atoms with E-state index in [4.69, 9.17) is 27.9 Å². The summed E-state index contributed by atoms with van der Waals surface area (Å²) < 4.78 is 7.08. The summed E-state index contributed by atoms with van der Waals surface area (Å²) in [5.41, 5.74) is 0.974. The molecule has 1 aromatic heterocycles. The normalized spacial score (nSPS) is 11.7. The maximum absolute atomic E-state index is 12.6. The summed E-state index contributed by atoms with van der Waals surface area (Å²) in [5, 5.41) is 15.8. The lowest BCUT2D eigenvalue weighted by Crippen LogP contribution is -2.28. The number of nitrogens with one attached hydrogen (secondary N) is 2. The first-order valence-corrected chi connectivity index (χ1v) is 12.3. The van der Waals surface area contributed by atoms with Crippen molar-refractivity contribution in [3.63, 3.8) is 0 Å². The van der Waals surface area contributed by atoms with Gasteiger partial charge >= 0.3 is 0 Å². The number of nitrogens with zero attached hydrogens (tertiary/aromatic N) is 3. The van der Waals surface area contributed by atoms with Gasteiger partial charge in [-0.05, 0) is 56.3 Å². The topological polar surface area (TPSA) is 98.1 Å². The van der Waals surface area contributed by atoms with Crippen LogP contribution >= 0.6 is 35.0 Å². The molecule has 3 aromatic rings. The van der Waals surface area contributed by atoms with Crippen LogP contribution in [0.15, 0.2) is 47.6 Å². The van der Waals surface area contributed by atoms with Crippen LogP contribution in [-0.2, 0) is 6.54 Å². The molecule has 2 amide bonds. The molecule has 0 saturated carbocycles. The highest BCUT2D eigenvalue weighted by molar-refractivity contribution is 7.99. The van der Waals surface area contributed by atoms with Gasteiger partial charge in [0.25, 0.3) is 11.8 Å². The van der Waals surface area contributed by atoms with Gasteiger partial charge in [0.2, 0.25) is 0 Å². The van der Waals surface area contributed by atoms with E-state index in [1.165, 1.54) is 17.8 Å². The van der Waals surface area contributed by atoms with Gasteiger partial charge in [0.05, 0.1) is 23.2 Å². The molecule has 0 radical (unpaired) electrons. The molecule has 0 spiro atoms. The van der Waals surface area contributed by atoms with Crippen LogP contribution in [0.3, 0.4) is 0 Å². The molecule has 2 aromatic carbocycles. The highest BCUT2D eigenvalue weighted by Gasteiger charge is 2.19. The van der Waals surface area contributed by atoms with E-state index in [1.807, 2.05) is 18.4 Å². The van der Waals surface area contributed by atoms with E-state index in [0.717, 1.165) is 0 Å². The second-order valence-corrected chi connectivity index (χ2v) is 9.12. The number of halogens is 2. The third kappa shape index (κ3) is 6.43. The number of rotatable bonds is 10. The fraction of sp³-hybridized carbons (Fsp3) is 0.304. The number of thioether (sulfide) groups is 1. The zero-order valence-corrected chi connectivity index (χ0v) is 21.3. The van der Waals surface area contributed by atoms with E-state index < -0.39 is 0 Å². The van der Waals surface area contributed by atoms with E-state index in [1.54, 1.807) is 43.5 Å². The maximum atomic E-state index is 12.6. The van der Waals surface area contributed by atoms with Gasteiger partial charge in [0, 0.05) is 30.0 Å². The van der Waals surface area contributed by atoms with Gasteiger partial charge in [-0.25, -0.2) is 0 Å². The molecular formula is C23H25Cl2N5O3S. The molecule has 0 fully saturated rings. The maximum Gasteiger partial charge on any atom is 0.251 e. The Labute approximate surface area is 212 Å². The number of amides is 2. The van der Waals surface area contributed by atoms with Crippen LogP contribution in [0.4, 0.5) is 0 Å². The number of carbonyl (C=O) groups excluding carboxylic acids is 2. The van der Waals surface area contributed by atoms with Crippen LogP contribution in [-0.4, -0.2) is 46.0 Å². The van der Waals surface area contributed by atoms with Crippen molar-refractivity contribution in [3.8, 4) is 5.75 Å². The lowest BCUT2D eigenvalue weighted by atomic mass is 10.2. The van der Waals surface area contributed by atoms with E-state index in [0.29, 0.717) is 56.7 Å². The third-order valence-electron chi connectivity index (χ3n) is 4.95. The summed E-state index contributed by atoms with van der Waals surface area (Å²) in [6.07, 6.45) is 0. The first kappa shape index (κ1) is 25.9. The van der Waals surface area contributed by atoms with Crippen LogP contribution in [0.25, 0.3) is 0 Å². The Kier molecular flexibility index (Phi) is 9.20. The molecule has 180 valence electrons. The van der Waals surface area contributed by atoms with Crippen molar-refractivity contribution < 1.29 is 14.3 Å². The number of carbonyl (C=O) groups is 2. The van der Waals surface area contributed by atoms with Crippen molar-refractivity contribution in [2.24, 2.45) is 0 Å². The largest absolute Gasteiger partial charge is 0.497 e. The Hall–Kier alpha value is -2.75. The zero-order chi connectivity index (χ0) is 24.7. The van der Waals surface area contributed by atoms with Gasteiger partial charge in [-0.1, -0.05) is 35.0 Å². The second kappa shape index (κ2) is 12.1. The summed E-state index contributed by atoms with van der Waals surface area (Å²) >= 11 is 13.3. The molecule has 2 N–H and O–H groups in total. The fourth-order valence-electron chi connectivity index (χ4n) is 3.16. The number of methoxy groups -OCH3 is 1. The molecule has 11 heteroatoms. The van der Waals surface area contributed by atoms with E-state index in [9.17, 15) is 9.59 Å². The number of benzene rings is 2. The number of aromatic nitrogens is 3. The van der Waals surface area contributed by atoms with Gasteiger partial charge < -0.3 is 19.9 Å². The summed E-state index contributed by atoms with van der Waals surface area (Å²) in [5.74, 6) is 1.50. The Morgan fingerprint density at radius 3 is 2.41 bits per heavy atom. The van der Waals surface area contributed by atoms with Gasteiger partial charge in [0.15, 0.2) is 11.0 Å². The minimum Gasteiger partial charge on any atom is -0.497 e. The summed E-state index contributed by atoms with van der Waals surface area (Å²) in [4.78, 5) is 24.9. The molecule has 34 heavy (non-hydrogen) atoms. The fourth-order valence-corrected chi connectivity index (χ4v) is 4.32. The van der Waals surface area contributed by atoms with Crippen molar-refractivity contribution in [2.75, 3.05) is 19.4 Å². The van der Waals surface area contributed by atoms with Crippen molar-refractivity contribution in [1.29, 1.82) is 0 Å². The van der Waals surface area contributed by atoms with Crippen molar-refractivity contribution >= 4 is 46.8 Å². The SMILES string of the molecule is CCn1c(SCCNC(=O)c2ccc(Cl)c(Cl)c2)nnc1C(C)NC(=O)c1ccc(OC)cc1. The molecule has 3 rings (SSSR count). The monoisotopic (exact) mass is 521 g/mol. The lowest BCUT2D eigenvalue weighted by molar-refractivity contribution is 0.0934. The highest BCUT2D eigenvalue weighted by Crippen LogP contribution is 2.23. The molecule has 0 aliphatic carbocycles. The molecule has 1 atom stereocenters. The lowest BCUT2D eigenvalue weighted by Gasteiger charge is -2.15. The minimum atomic E-state index is -0.342. The summed E-state index contributed by atoms with van der Waals surface area (Å²) in [6.45, 7) is 4.92. The van der Waals surface area contributed by atoms with Crippen molar-refractivity contribution in [2.45, 2.75) is 31.6 Å². The first-order valence-electron chi connectivity index (χ1n) is 10.6. The third-order valence-corrected chi connectivity index (χ3v) is 6.66. The average molecular weight is 522 g/mol. The average Bonchev–Trinajstić information content (AvgIpc) is 3.26. The molecule has 0 aliphatic rings. The Morgan fingerprint density at radius 1 is 1.06 bits per heavy atom. The predicted molar refractivity (Wildman–Crippen MR) is 134 cm³/mol. The number of hydrogen-bond acceptors (Lipinski definition) is 6. The molecule has 1 unspecified atom stereocenters. The molecular weight excluding hydrogens is 497 g/mol. The molecule has 1 heterocycles. The first-order chi connectivity index (χ1) is 16.3. The van der Waals surface area contributed by atoms with Gasteiger partial charge in [-0.3, -0.25) is 9.59 Å². The standard InChI is InChI=1S/C23H25Cl2N5O3S/c1-4-30-20(14(2)27-22(32)15-5-8-17(33-3)9-6-15)28-29-23(30)34-12-11-26-21(31)16-7-10-18(24)19(25)13-16/h5-10,13-14H,4,11-12H2,1-3H3,(H,26,31)(H,27,32). The van der Waals surface area contributed by atoms with Crippen LogP contribution in [0.2, 0.25) is 10.0 Å². The number of hydrogen-bond donors (Lipinski definition) is 2. The summed E-state index contributed by atoms with van der Waals surface area (Å²) in [7, 11) is 1.58. The van der Waals surface area contributed by atoms with Crippen molar-refractivity contribution in [1.82, 2.24) is 25.4 Å². The van der Waals surface area contributed by atoms with E-state index in [-0.39, 0.29) is 17.9 Å². The smallest absolute Gasteiger partial charge is 0.251 e. The zero-order valence-electron chi connectivity index (χ0n) is 19.0. The van der Waals surface area contributed by atoms with Crippen LogP contribution in [0.5, 0.6) is 5.75 Å². The molecule has 0 aliphatic heterocycles. The Bertz CT molecular complexity index is 1150. The molecule has 0 bridgehead atoms. The van der Waals surface area contributed by atoms with Gasteiger partial charge in [0.1, 0.15) is 5.75 Å². The van der Waals surface area contributed by atoms with Crippen molar-refractivity contribution in [3.05, 3.63) is 69.5 Å². The Balaban J connectivity index is 1.55. The molecule has 8 nitrogen and oxygen atoms in total. The quantitative estimate of drug-likeness (QED) is 0.298. The van der Waals surface area contributed by atoms with Gasteiger partial charge in [-0.15, -0.1) is 10.2 Å². The van der Waals surface area contributed by atoms with E-state index >= 15 is 0 Å². The highest BCUT2D eigenvalue weighted by atomic mass is 35.5. The number of ether oxygens (including phenoxy) is 1. The second-order valence-electron chi connectivity index (χ2n) is 7.24. The van der Waals surface area contributed by atoms with Gasteiger partial charge in [-0.2, -0.15) is 0 Å². The molecule has 0 saturated heterocycles. The predicted octanol–water partition coefficient (Wildman–Crippen LogP) is 4.63.